The quantitative estimate of drug-likeness (QED) is 0.222. The number of fused-ring (bicyclic) bond motifs is 7. The Balaban J connectivity index is 1.67. The molecule has 2 nitrogen and oxygen atoms in total. The van der Waals surface area contributed by atoms with Gasteiger partial charge >= 0.3 is 6.18 Å². The van der Waals surface area contributed by atoms with Gasteiger partial charge in [-0.2, -0.15) is 13.2 Å². The molecule has 0 amide bonds. The molecule has 0 saturated carbocycles. The minimum Gasteiger partial charge on any atom is -0.291 e. The maximum absolute atomic E-state index is 13.3. The molecule has 1 heterocycles. The van der Waals surface area contributed by atoms with Gasteiger partial charge in [-0.15, -0.1) is 0 Å². The predicted octanol–water partition coefficient (Wildman–Crippen LogP) is 9.17. The van der Waals surface area contributed by atoms with Gasteiger partial charge in [-0.25, -0.2) is 4.98 Å². The van der Waals surface area contributed by atoms with E-state index >= 15 is 0 Å². The van der Waals surface area contributed by atoms with Crippen LogP contribution in [0, 0.1) is 0 Å². The Bertz CT molecular complexity index is 1960. The Morgan fingerprint density at radius 3 is 1.81 bits per heavy atom. The van der Waals surface area contributed by atoms with Crippen LogP contribution in [0.2, 0.25) is 0 Å². The summed E-state index contributed by atoms with van der Waals surface area (Å²) in [7, 11) is 0. The molecule has 0 aliphatic rings. The van der Waals surface area contributed by atoms with Crippen molar-refractivity contribution in [3.63, 3.8) is 0 Å². The van der Waals surface area contributed by atoms with Crippen LogP contribution in [0.15, 0.2) is 115 Å². The second-order valence-corrected chi connectivity index (χ2v) is 9.13. The van der Waals surface area contributed by atoms with Gasteiger partial charge in [0.2, 0.25) is 0 Å². The Morgan fingerprint density at radius 1 is 0.541 bits per heavy atom. The normalized spacial score (nSPS) is 12.2. The second-order valence-electron chi connectivity index (χ2n) is 9.13. The fourth-order valence-electron chi connectivity index (χ4n) is 5.35. The van der Waals surface area contributed by atoms with Gasteiger partial charge in [0.25, 0.3) is 0 Å². The number of imidazole rings is 1. The van der Waals surface area contributed by atoms with Gasteiger partial charge in [0.05, 0.1) is 22.3 Å². The molecule has 5 heteroatoms. The van der Waals surface area contributed by atoms with E-state index in [9.17, 15) is 13.2 Å². The number of nitrogens with zero attached hydrogens (tertiary/aromatic N) is 2. The molecule has 6 aromatic carbocycles. The Morgan fingerprint density at radius 2 is 1.11 bits per heavy atom. The van der Waals surface area contributed by atoms with Crippen LogP contribution in [-0.2, 0) is 6.18 Å². The third kappa shape index (κ3) is 3.31. The first-order chi connectivity index (χ1) is 18.0. The fraction of sp³-hybridized carbons (Fsp3) is 0.0312. The van der Waals surface area contributed by atoms with Crippen molar-refractivity contribution < 1.29 is 13.2 Å². The maximum atomic E-state index is 13.3. The summed E-state index contributed by atoms with van der Waals surface area (Å²) in [5, 5.41) is 6.34. The molecule has 0 spiro atoms. The molecule has 0 aliphatic carbocycles. The van der Waals surface area contributed by atoms with Crippen LogP contribution >= 0.6 is 0 Å². The highest BCUT2D eigenvalue weighted by molar-refractivity contribution is 6.24. The van der Waals surface area contributed by atoms with Crippen molar-refractivity contribution in [2.75, 3.05) is 0 Å². The minimum absolute atomic E-state index is 0.599. The summed E-state index contributed by atoms with van der Waals surface area (Å²) in [6.07, 6.45) is -4.40. The lowest BCUT2D eigenvalue weighted by atomic mass is 9.99. The van der Waals surface area contributed by atoms with Crippen LogP contribution in [0.1, 0.15) is 5.56 Å². The highest BCUT2D eigenvalue weighted by atomic mass is 19.4. The van der Waals surface area contributed by atoms with Crippen LogP contribution < -0.4 is 0 Å². The Hall–Kier alpha value is -4.64. The van der Waals surface area contributed by atoms with E-state index in [1.807, 2.05) is 48.5 Å². The molecule has 0 radical (unpaired) electrons. The van der Waals surface area contributed by atoms with E-state index in [-0.39, 0.29) is 0 Å². The van der Waals surface area contributed by atoms with Gasteiger partial charge in [0.15, 0.2) is 0 Å². The summed E-state index contributed by atoms with van der Waals surface area (Å²) >= 11 is 0. The van der Waals surface area contributed by atoms with E-state index in [0.29, 0.717) is 11.4 Å². The smallest absolute Gasteiger partial charge is 0.291 e. The van der Waals surface area contributed by atoms with Crippen LogP contribution in [-0.4, -0.2) is 9.55 Å². The van der Waals surface area contributed by atoms with E-state index in [0.717, 1.165) is 61.2 Å². The number of hydrogen-bond donors (Lipinski definition) is 0. The first-order valence-electron chi connectivity index (χ1n) is 12.0. The number of alkyl halides is 3. The third-order valence-corrected chi connectivity index (χ3v) is 7.01. The summed E-state index contributed by atoms with van der Waals surface area (Å²) < 4.78 is 42.1. The predicted molar refractivity (Wildman–Crippen MR) is 144 cm³/mol. The molecule has 7 aromatic rings. The Labute approximate surface area is 210 Å². The van der Waals surface area contributed by atoms with Crippen molar-refractivity contribution in [1.29, 1.82) is 0 Å². The first-order valence-corrected chi connectivity index (χ1v) is 12.0. The molecule has 0 atom stereocenters. The van der Waals surface area contributed by atoms with E-state index < -0.39 is 11.7 Å². The standard InChI is InChI=1S/C32H19F3N2/c33-32(34,35)22-18-16-21(17-19-22)31-36-29-26-13-5-3-11-24(26)25-12-4-6-14-27(25)30(29)37(31)28-15-7-9-20-8-1-2-10-23(20)28/h1-19H. The van der Waals surface area contributed by atoms with Gasteiger partial charge in [0.1, 0.15) is 5.82 Å². The maximum Gasteiger partial charge on any atom is 0.416 e. The number of benzene rings is 6. The van der Waals surface area contributed by atoms with Crippen molar-refractivity contribution in [2.45, 2.75) is 6.18 Å². The van der Waals surface area contributed by atoms with Crippen LogP contribution in [0.5, 0.6) is 0 Å². The SMILES string of the molecule is FC(F)(F)c1ccc(-c2nc3c4ccccc4c4ccccc4c3n2-c2cccc3ccccc23)cc1. The highest BCUT2D eigenvalue weighted by Gasteiger charge is 2.30. The van der Waals surface area contributed by atoms with E-state index in [4.69, 9.17) is 4.98 Å². The van der Waals surface area contributed by atoms with Crippen molar-refractivity contribution in [2.24, 2.45) is 0 Å². The molecule has 0 unspecified atom stereocenters. The second kappa shape index (κ2) is 7.93. The molecule has 0 fully saturated rings. The number of halogens is 3. The van der Waals surface area contributed by atoms with Gasteiger partial charge < -0.3 is 0 Å². The zero-order valence-corrected chi connectivity index (χ0v) is 19.5. The summed E-state index contributed by atoms with van der Waals surface area (Å²) in [4.78, 5) is 5.12. The van der Waals surface area contributed by atoms with E-state index in [1.54, 1.807) is 0 Å². The molecule has 0 saturated heterocycles. The molecule has 1 aromatic heterocycles. The summed E-state index contributed by atoms with van der Waals surface area (Å²) in [6.45, 7) is 0. The van der Waals surface area contributed by atoms with E-state index in [1.165, 1.54) is 12.1 Å². The molecular weight excluding hydrogens is 469 g/mol. The fourth-order valence-corrected chi connectivity index (χ4v) is 5.35. The third-order valence-electron chi connectivity index (χ3n) is 7.01. The van der Waals surface area contributed by atoms with Gasteiger partial charge in [-0.1, -0.05) is 97.1 Å². The monoisotopic (exact) mass is 488 g/mol. The number of hydrogen-bond acceptors (Lipinski definition) is 1. The lowest BCUT2D eigenvalue weighted by molar-refractivity contribution is -0.137. The molecule has 7 rings (SSSR count). The zero-order chi connectivity index (χ0) is 25.1. The van der Waals surface area contributed by atoms with Crippen molar-refractivity contribution in [3.05, 3.63) is 121 Å². The Kier molecular flexibility index (Phi) is 4.64. The number of rotatable bonds is 2. The van der Waals surface area contributed by atoms with Crippen LogP contribution in [0.4, 0.5) is 13.2 Å². The first kappa shape index (κ1) is 21.6. The average Bonchev–Trinajstić information content (AvgIpc) is 3.33. The minimum atomic E-state index is -4.40. The van der Waals surface area contributed by atoms with Crippen LogP contribution in [0.25, 0.3) is 60.4 Å². The molecule has 0 bridgehead atoms. The van der Waals surface area contributed by atoms with Crippen LogP contribution in [0.3, 0.4) is 0 Å². The van der Waals surface area contributed by atoms with Crippen molar-refractivity contribution in [1.82, 2.24) is 9.55 Å². The lowest BCUT2D eigenvalue weighted by Crippen LogP contribution is -2.04. The number of aromatic nitrogens is 2. The van der Waals surface area contributed by atoms with Gasteiger partial charge in [-0.05, 0) is 34.4 Å². The van der Waals surface area contributed by atoms with Crippen molar-refractivity contribution in [3.8, 4) is 17.1 Å². The van der Waals surface area contributed by atoms with Crippen molar-refractivity contribution >= 4 is 43.4 Å². The largest absolute Gasteiger partial charge is 0.416 e. The molecule has 0 N–H and O–H groups in total. The molecular formula is C32H19F3N2. The zero-order valence-electron chi connectivity index (χ0n) is 19.5. The summed E-state index contributed by atoms with van der Waals surface area (Å²) in [5.41, 5.74) is 2.61. The average molecular weight is 489 g/mol. The summed E-state index contributed by atoms with van der Waals surface area (Å²) in [6, 6.07) is 35.9. The van der Waals surface area contributed by atoms with E-state index in [2.05, 4.69) is 47.0 Å². The van der Waals surface area contributed by atoms with Gasteiger partial charge in [-0.3, -0.25) is 4.57 Å². The molecule has 178 valence electrons. The molecule has 37 heavy (non-hydrogen) atoms. The van der Waals surface area contributed by atoms with Gasteiger partial charge in [0, 0.05) is 21.7 Å². The highest BCUT2D eigenvalue weighted by Crippen LogP contribution is 2.40. The molecule has 0 aliphatic heterocycles. The topological polar surface area (TPSA) is 17.8 Å². The summed E-state index contributed by atoms with van der Waals surface area (Å²) in [5.74, 6) is 0.599. The lowest BCUT2D eigenvalue weighted by Gasteiger charge is -2.15.